The third-order valence-electron chi connectivity index (χ3n) is 5.79. The molecule has 1 aliphatic rings. The molecule has 0 saturated carbocycles. The zero-order valence-corrected chi connectivity index (χ0v) is 21.7. The molecule has 2 heterocycles. The first-order valence-electron chi connectivity index (χ1n) is 11.4. The quantitative estimate of drug-likeness (QED) is 0.577. The number of carbonyl (C=O) groups excluding carboxylic acids is 1. The Balaban J connectivity index is 0.00000176. The van der Waals surface area contributed by atoms with Crippen molar-refractivity contribution in [2.45, 2.75) is 67.0 Å². The second-order valence-corrected chi connectivity index (χ2v) is 8.77. The van der Waals surface area contributed by atoms with Crippen LogP contribution in [0.2, 0.25) is 0 Å². The van der Waals surface area contributed by atoms with Crippen LogP contribution in [0, 0.1) is 20.8 Å². The van der Waals surface area contributed by atoms with E-state index in [1.54, 1.807) is 0 Å². The van der Waals surface area contributed by atoms with E-state index < -0.39 is 0 Å². The van der Waals surface area contributed by atoms with Gasteiger partial charge >= 0.3 is 0 Å². The van der Waals surface area contributed by atoms with Crippen LogP contribution in [0.4, 0.5) is 5.69 Å². The number of ether oxygens (including phenoxy) is 1. The third kappa shape index (κ3) is 6.23. The van der Waals surface area contributed by atoms with Gasteiger partial charge < -0.3 is 19.9 Å². The van der Waals surface area contributed by atoms with Crippen LogP contribution in [0.25, 0.3) is 0 Å². The Morgan fingerprint density at radius 1 is 1.19 bits per heavy atom. The molecular formula is C25H36BrN3O3. The molecule has 1 saturated heterocycles. The van der Waals surface area contributed by atoms with Gasteiger partial charge in [-0.1, -0.05) is 29.8 Å². The zero-order valence-electron chi connectivity index (χ0n) is 20.1. The molecule has 176 valence electrons. The van der Waals surface area contributed by atoms with Crippen LogP contribution in [0.3, 0.4) is 0 Å². The molecular weight excluding hydrogens is 470 g/mol. The number of nitrogens with one attached hydrogen (secondary N) is 2. The molecule has 6 nitrogen and oxygen atoms in total. The van der Waals surface area contributed by atoms with Gasteiger partial charge in [0.15, 0.2) is 0 Å². The highest BCUT2D eigenvalue weighted by Gasteiger charge is 2.24. The van der Waals surface area contributed by atoms with Crippen molar-refractivity contribution in [3.63, 3.8) is 0 Å². The summed E-state index contributed by atoms with van der Waals surface area (Å²) >= 11 is 3.58. The molecule has 0 unspecified atom stereocenters. The summed E-state index contributed by atoms with van der Waals surface area (Å²) in [6.45, 7) is 14.5. The fourth-order valence-corrected chi connectivity index (χ4v) is 4.63. The van der Waals surface area contributed by atoms with E-state index >= 15 is 0 Å². The van der Waals surface area contributed by atoms with E-state index in [-0.39, 0.29) is 18.0 Å². The highest BCUT2D eigenvalue weighted by atomic mass is 79.9. The number of hydrogen-bond donors (Lipinski definition) is 2. The van der Waals surface area contributed by atoms with Crippen LogP contribution in [-0.2, 0) is 11.3 Å². The Hall–Kier alpha value is -2.12. The lowest BCUT2D eigenvalue weighted by molar-refractivity contribution is 0.0845. The molecule has 1 fully saturated rings. The van der Waals surface area contributed by atoms with Crippen molar-refractivity contribution in [1.82, 2.24) is 10.3 Å². The lowest BCUT2D eigenvalue weighted by Gasteiger charge is -2.36. The second-order valence-electron chi connectivity index (χ2n) is 7.85. The van der Waals surface area contributed by atoms with Crippen molar-refractivity contribution in [2.24, 2.45) is 0 Å². The number of rotatable bonds is 6. The number of H-pyrrole nitrogens is 1. The standard InChI is InChI=1S/C23H30BrN3O3.C2H6/c1-5-27(18-6-8-30-9-7-18)21-12-17(24)11-19(16(21)4)22(28)25-13-20-14(2)10-15(3)26-23(20)29;1-2/h10-12,18H,5-9,13H2,1-4H3,(H,25,28)(H,26,29);1-2H3. The van der Waals surface area contributed by atoms with Gasteiger partial charge in [-0.15, -0.1) is 0 Å². The summed E-state index contributed by atoms with van der Waals surface area (Å²) in [6, 6.07) is 6.25. The van der Waals surface area contributed by atoms with Crippen LogP contribution in [-0.4, -0.2) is 36.7 Å². The summed E-state index contributed by atoms with van der Waals surface area (Å²) in [5, 5.41) is 2.93. The maximum absolute atomic E-state index is 13.0. The molecule has 0 atom stereocenters. The SMILES string of the molecule is CC.CCN(c1cc(Br)cc(C(=O)NCc2c(C)cc(C)[nH]c2=O)c1C)C1CCOCC1. The highest BCUT2D eigenvalue weighted by molar-refractivity contribution is 9.10. The molecule has 0 radical (unpaired) electrons. The lowest BCUT2D eigenvalue weighted by atomic mass is 10.0. The van der Waals surface area contributed by atoms with Crippen molar-refractivity contribution >= 4 is 27.5 Å². The summed E-state index contributed by atoms with van der Waals surface area (Å²) in [6.07, 6.45) is 1.97. The molecule has 0 bridgehead atoms. The maximum Gasteiger partial charge on any atom is 0.253 e. The van der Waals surface area contributed by atoms with Crippen molar-refractivity contribution in [3.05, 3.63) is 61.0 Å². The molecule has 1 aliphatic heterocycles. The van der Waals surface area contributed by atoms with Gasteiger partial charge in [0, 0.05) is 59.3 Å². The predicted octanol–water partition coefficient (Wildman–Crippen LogP) is 5.02. The topological polar surface area (TPSA) is 74.4 Å². The molecule has 1 amide bonds. The number of anilines is 1. The lowest BCUT2D eigenvalue weighted by Crippen LogP contribution is -2.40. The van der Waals surface area contributed by atoms with Crippen LogP contribution in [0.5, 0.6) is 0 Å². The van der Waals surface area contributed by atoms with Gasteiger partial charge in [-0.25, -0.2) is 0 Å². The number of amides is 1. The first-order valence-corrected chi connectivity index (χ1v) is 12.2. The number of pyridine rings is 1. The predicted molar refractivity (Wildman–Crippen MR) is 135 cm³/mol. The minimum absolute atomic E-state index is 0.156. The fourth-order valence-electron chi connectivity index (χ4n) is 4.19. The second kappa shape index (κ2) is 12.2. The Morgan fingerprint density at radius 3 is 2.44 bits per heavy atom. The van der Waals surface area contributed by atoms with Crippen molar-refractivity contribution in [3.8, 4) is 0 Å². The molecule has 0 spiro atoms. The van der Waals surface area contributed by atoms with E-state index in [0.29, 0.717) is 17.2 Å². The van der Waals surface area contributed by atoms with E-state index in [1.807, 2.05) is 46.8 Å². The summed E-state index contributed by atoms with van der Waals surface area (Å²) in [7, 11) is 0. The Kier molecular flexibility index (Phi) is 9.97. The van der Waals surface area contributed by atoms with Crippen LogP contribution >= 0.6 is 15.9 Å². The molecule has 0 aliphatic carbocycles. The third-order valence-corrected chi connectivity index (χ3v) is 6.25. The van der Waals surface area contributed by atoms with Crippen LogP contribution < -0.4 is 15.8 Å². The molecule has 32 heavy (non-hydrogen) atoms. The van der Waals surface area contributed by atoms with E-state index in [1.165, 1.54) is 0 Å². The number of benzene rings is 1. The minimum atomic E-state index is -0.183. The van der Waals surface area contributed by atoms with Gasteiger partial charge in [0.05, 0.1) is 0 Å². The molecule has 2 aromatic rings. The molecule has 1 aromatic carbocycles. The largest absolute Gasteiger partial charge is 0.381 e. The Morgan fingerprint density at radius 2 is 1.84 bits per heavy atom. The normalized spacial score (nSPS) is 13.8. The number of hydrogen-bond acceptors (Lipinski definition) is 4. The summed E-state index contributed by atoms with van der Waals surface area (Å²) in [5.74, 6) is -0.183. The Bertz CT molecular complexity index is 981. The number of aryl methyl sites for hydroxylation is 2. The van der Waals surface area contributed by atoms with Crippen LogP contribution in [0.1, 0.15) is 66.4 Å². The maximum atomic E-state index is 13.0. The molecule has 7 heteroatoms. The van der Waals surface area contributed by atoms with E-state index in [4.69, 9.17) is 4.74 Å². The number of carbonyl (C=O) groups is 1. The van der Waals surface area contributed by atoms with Gasteiger partial charge in [0.25, 0.3) is 11.5 Å². The van der Waals surface area contributed by atoms with E-state index in [0.717, 1.165) is 59.6 Å². The average molecular weight is 506 g/mol. The van der Waals surface area contributed by atoms with Gasteiger partial charge in [-0.3, -0.25) is 9.59 Å². The molecule has 1 aromatic heterocycles. The van der Waals surface area contributed by atoms with Crippen molar-refractivity contribution in [1.29, 1.82) is 0 Å². The zero-order chi connectivity index (χ0) is 23.8. The van der Waals surface area contributed by atoms with Gasteiger partial charge in [-0.05, 0) is 69.9 Å². The fraction of sp³-hybridized carbons (Fsp3) is 0.520. The first kappa shape index (κ1) is 26.1. The van der Waals surface area contributed by atoms with E-state index in [2.05, 4.69) is 44.1 Å². The van der Waals surface area contributed by atoms with Crippen molar-refractivity contribution in [2.75, 3.05) is 24.7 Å². The number of nitrogens with zero attached hydrogens (tertiary/aromatic N) is 1. The highest BCUT2D eigenvalue weighted by Crippen LogP contribution is 2.31. The summed E-state index contributed by atoms with van der Waals surface area (Å²) in [4.78, 5) is 30.5. The minimum Gasteiger partial charge on any atom is -0.381 e. The summed E-state index contributed by atoms with van der Waals surface area (Å²) in [5.41, 5.74) is 4.74. The average Bonchev–Trinajstić information content (AvgIpc) is 2.77. The first-order chi connectivity index (χ1) is 15.3. The van der Waals surface area contributed by atoms with Gasteiger partial charge in [0.2, 0.25) is 0 Å². The van der Waals surface area contributed by atoms with Gasteiger partial charge in [0.1, 0.15) is 0 Å². The van der Waals surface area contributed by atoms with Crippen LogP contribution in [0.15, 0.2) is 27.5 Å². The molecule has 3 rings (SSSR count). The van der Waals surface area contributed by atoms with Gasteiger partial charge in [-0.2, -0.15) is 0 Å². The summed E-state index contributed by atoms with van der Waals surface area (Å²) < 4.78 is 6.38. The molecule has 2 N–H and O–H groups in total. The monoisotopic (exact) mass is 505 g/mol. The Labute approximate surface area is 199 Å². The van der Waals surface area contributed by atoms with Crippen molar-refractivity contribution < 1.29 is 9.53 Å². The number of aromatic nitrogens is 1. The number of halogens is 1. The smallest absolute Gasteiger partial charge is 0.253 e. The number of aromatic amines is 1. The van der Waals surface area contributed by atoms with E-state index in [9.17, 15) is 9.59 Å².